The van der Waals surface area contributed by atoms with Crippen LogP contribution >= 0.6 is 11.6 Å². The average molecular weight is 239 g/mol. The molecule has 0 saturated carbocycles. The van der Waals surface area contributed by atoms with E-state index >= 15 is 0 Å². The highest BCUT2D eigenvalue weighted by atomic mass is 35.5. The summed E-state index contributed by atoms with van der Waals surface area (Å²) in [5, 5.41) is 4.40. The van der Waals surface area contributed by atoms with Crippen LogP contribution in [0, 0.1) is 0 Å². The molecule has 0 saturated heterocycles. The molecule has 0 radical (unpaired) electrons. The molecule has 0 N–H and O–H groups in total. The van der Waals surface area contributed by atoms with E-state index in [0.717, 1.165) is 0 Å². The van der Waals surface area contributed by atoms with Gasteiger partial charge in [0, 0.05) is 13.6 Å². The molecule has 2 rings (SSSR count). The fourth-order valence-corrected chi connectivity index (χ4v) is 1.75. The topological polar surface area (TPSA) is 52.7 Å². The summed E-state index contributed by atoms with van der Waals surface area (Å²) in [7, 11) is 1.76. The minimum Gasteiger partial charge on any atom is -0.331 e. The van der Waals surface area contributed by atoms with Crippen molar-refractivity contribution in [1.29, 1.82) is 0 Å². The molecule has 16 heavy (non-hydrogen) atoms. The number of imidazole rings is 1. The van der Waals surface area contributed by atoms with Crippen LogP contribution in [0.25, 0.3) is 0 Å². The first-order valence-corrected chi connectivity index (χ1v) is 5.25. The van der Waals surface area contributed by atoms with E-state index in [1.54, 1.807) is 22.6 Å². The summed E-state index contributed by atoms with van der Waals surface area (Å²) in [5.74, 6) is -0.163. The Hall–Kier alpha value is -1.62. The molecule has 0 spiro atoms. The largest absolute Gasteiger partial charge is 0.331 e. The van der Waals surface area contributed by atoms with Gasteiger partial charge in [-0.2, -0.15) is 5.10 Å². The minimum atomic E-state index is -0.163. The van der Waals surface area contributed by atoms with Crippen LogP contribution in [0.15, 0.2) is 18.7 Å². The van der Waals surface area contributed by atoms with Crippen molar-refractivity contribution in [3.8, 4) is 0 Å². The van der Waals surface area contributed by atoms with Crippen LogP contribution in [-0.2, 0) is 13.6 Å². The highest BCUT2D eigenvalue weighted by molar-refractivity contribution is 6.34. The fraction of sp³-hybridized carbons (Fsp3) is 0.300. The van der Waals surface area contributed by atoms with E-state index < -0.39 is 0 Å². The molecule has 84 valence electrons. The molecule has 0 bridgehead atoms. The number of aromatic nitrogens is 4. The molecule has 0 unspecified atom stereocenters. The van der Waals surface area contributed by atoms with E-state index in [4.69, 9.17) is 11.6 Å². The molecule has 6 heteroatoms. The Labute approximate surface area is 97.7 Å². The van der Waals surface area contributed by atoms with Crippen LogP contribution in [0.1, 0.15) is 23.1 Å². The normalized spacial score (nSPS) is 10.7. The van der Waals surface area contributed by atoms with Gasteiger partial charge >= 0.3 is 0 Å². The highest BCUT2D eigenvalue weighted by Crippen LogP contribution is 2.18. The second kappa shape index (κ2) is 4.09. The number of hydrogen-bond donors (Lipinski definition) is 0. The predicted octanol–water partition coefficient (Wildman–Crippen LogP) is 1.52. The van der Waals surface area contributed by atoms with E-state index in [1.807, 2.05) is 6.92 Å². The number of carbonyl (C=O) groups excluding carboxylic acids is 1. The maximum Gasteiger partial charge on any atom is 0.230 e. The van der Waals surface area contributed by atoms with E-state index in [0.29, 0.717) is 23.0 Å². The first kappa shape index (κ1) is 10.9. The number of aryl methyl sites for hydroxylation is 2. The van der Waals surface area contributed by atoms with E-state index in [-0.39, 0.29) is 5.78 Å². The standard InChI is InChI=1S/C10H11ClN4O/c1-3-15-9(7(11)4-13-15)10(16)8-5-12-6-14(8)2/h4-6H,3H2,1-2H3. The Morgan fingerprint density at radius 2 is 2.25 bits per heavy atom. The summed E-state index contributed by atoms with van der Waals surface area (Å²) in [6.45, 7) is 2.51. The molecule has 2 aromatic heterocycles. The number of rotatable bonds is 3. The van der Waals surface area contributed by atoms with Crippen LogP contribution in [-0.4, -0.2) is 25.1 Å². The number of hydrogen-bond acceptors (Lipinski definition) is 3. The Morgan fingerprint density at radius 3 is 2.81 bits per heavy atom. The third-order valence-electron chi connectivity index (χ3n) is 2.36. The first-order valence-electron chi connectivity index (χ1n) is 4.87. The van der Waals surface area contributed by atoms with Crippen LogP contribution in [0.5, 0.6) is 0 Å². The quantitative estimate of drug-likeness (QED) is 0.762. The summed E-state index contributed by atoms with van der Waals surface area (Å²) >= 11 is 5.95. The fourth-order valence-electron chi connectivity index (χ4n) is 1.53. The van der Waals surface area contributed by atoms with Crippen molar-refractivity contribution in [3.63, 3.8) is 0 Å². The van der Waals surface area contributed by atoms with Crippen LogP contribution in [0.3, 0.4) is 0 Å². The SMILES string of the molecule is CCn1ncc(Cl)c1C(=O)c1cncn1C. The Kier molecular flexibility index (Phi) is 2.78. The molecule has 0 aromatic carbocycles. The summed E-state index contributed by atoms with van der Waals surface area (Å²) in [6, 6.07) is 0. The summed E-state index contributed by atoms with van der Waals surface area (Å²) < 4.78 is 3.24. The van der Waals surface area contributed by atoms with E-state index in [9.17, 15) is 4.79 Å². The summed E-state index contributed by atoms with van der Waals surface area (Å²) in [5.41, 5.74) is 0.907. The van der Waals surface area contributed by atoms with Crippen molar-refractivity contribution in [2.75, 3.05) is 0 Å². The zero-order valence-corrected chi connectivity index (χ0v) is 9.77. The van der Waals surface area contributed by atoms with Gasteiger partial charge in [0.2, 0.25) is 5.78 Å². The van der Waals surface area contributed by atoms with Crippen LogP contribution in [0.4, 0.5) is 0 Å². The van der Waals surface area contributed by atoms with Crippen molar-refractivity contribution in [2.45, 2.75) is 13.5 Å². The lowest BCUT2D eigenvalue weighted by Crippen LogP contribution is -2.13. The van der Waals surface area contributed by atoms with Crippen LogP contribution in [0.2, 0.25) is 5.02 Å². The Morgan fingerprint density at radius 1 is 1.50 bits per heavy atom. The summed E-state index contributed by atoms with van der Waals surface area (Å²) in [4.78, 5) is 16.1. The first-order chi connectivity index (χ1) is 7.65. The molecule has 0 amide bonds. The van der Waals surface area contributed by atoms with Gasteiger partial charge in [-0.3, -0.25) is 9.48 Å². The molecule has 0 fully saturated rings. The second-order valence-electron chi connectivity index (χ2n) is 3.38. The third-order valence-corrected chi connectivity index (χ3v) is 2.64. The lowest BCUT2D eigenvalue weighted by Gasteiger charge is -2.04. The van der Waals surface area contributed by atoms with Gasteiger partial charge in [-0.1, -0.05) is 11.6 Å². The molecule has 2 aromatic rings. The smallest absolute Gasteiger partial charge is 0.230 e. The van der Waals surface area contributed by atoms with Gasteiger partial charge < -0.3 is 4.57 Å². The van der Waals surface area contributed by atoms with Gasteiger partial charge in [0.05, 0.1) is 23.7 Å². The van der Waals surface area contributed by atoms with Gasteiger partial charge in [-0.05, 0) is 6.92 Å². The van der Waals surface area contributed by atoms with Crippen LogP contribution < -0.4 is 0 Å². The lowest BCUT2D eigenvalue weighted by atomic mass is 10.2. The number of halogens is 1. The number of ketones is 1. The number of nitrogens with zero attached hydrogens (tertiary/aromatic N) is 4. The monoisotopic (exact) mass is 238 g/mol. The maximum atomic E-state index is 12.2. The Balaban J connectivity index is 2.49. The van der Waals surface area contributed by atoms with E-state index in [2.05, 4.69) is 10.1 Å². The molecule has 0 aliphatic rings. The van der Waals surface area contributed by atoms with Gasteiger partial charge in [0.25, 0.3) is 0 Å². The van der Waals surface area contributed by atoms with Crippen molar-refractivity contribution >= 4 is 17.4 Å². The zero-order chi connectivity index (χ0) is 11.7. The van der Waals surface area contributed by atoms with E-state index in [1.165, 1.54) is 12.4 Å². The Bertz CT molecular complexity index is 529. The molecule has 0 aliphatic carbocycles. The molecular weight excluding hydrogens is 228 g/mol. The predicted molar refractivity (Wildman–Crippen MR) is 59.6 cm³/mol. The minimum absolute atomic E-state index is 0.163. The van der Waals surface area contributed by atoms with Gasteiger partial charge in [-0.25, -0.2) is 4.98 Å². The maximum absolute atomic E-state index is 12.2. The molecule has 5 nitrogen and oxygen atoms in total. The van der Waals surface area contributed by atoms with Gasteiger partial charge in [-0.15, -0.1) is 0 Å². The molecule has 0 atom stereocenters. The summed E-state index contributed by atoms with van der Waals surface area (Å²) in [6.07, 6.45) is 4.58. The van der Waals surface area contributed by atoms with Gasteiger partial charge in [0.1, 0.15) is 11.4 Å². The molecule has 2 heterocycles. The number of carbonyl (C=O) groups is 1. The molecular formula is C10H11ClN4O. The zero-order valence-electron chi connectivity index (χ0n) is 9.01. The lowest BCUT2D eigenvalue weighted by molar-refractivity contribution is 0.102. The molecule has 0 aliphatic heterocycles. The van der Waals surface area contributed by atoms with Gasteiger partial charge in [0.15, 0.2) is 0 Å². The van der Waals surface area contributed by atoms with Crippen molar-refractivity contribution in [1.82, 2.24) is 19.3 Å². The second-order valence-corrected chi connectivity index (χ2v) is 3.78. The van der Waals surface area contributed by atoms with Crippen molar-refractivity contribution in [3.05, 3.63) is 35.1 Å². The van der Waals surface area contributed by atoms with Crippen molar-refractivity contribution < 1.29 is 4.79 Å². The average Bonchev–Trinajstić information content (AvgIpc) is 2.83. The van der Waals surface area contributed by atoms with Crippen molar-refractivity contribution in [2.24, 2.45) is 7.05 Å². The third kappa shape index (κ3) is 1.63. The highest BCUT2D eigenvalue weighted by Gasteiger charge is 2.20.